The molecular formula is C17H17ClN4O. The average Bonchev–Trinajstić information content (AvgIpc) is 2.58. The maximum atomic E-state index is 12.2. The van der Waals surface area contributed by atoms with Gasteiger partial charge in [0.15, 0.2) is 0 Å². The van der Waals surface area contributed by atoms with E-state index >= 15 is 0 Å². The average molecular weight is 329 g/mol. The van der Waals surface area contributed by atoms with Crippen molar-refractivity contribution in [3.05, 3.63) is 59.1 Å². The number of aromatic nitrogens is 2. The summed E-state index contributed by atoms with van der Waals surface area (Å²) in [5.41, 5.74) is 2.93. The van der Waals surface area contributed by atoms with Gasteiger partial charge in [-0.2, -0.15) is 0 Å². The van der Waals surface area contributed by atoms with Crippen molar-refractivity contribution in [2.24, 2.45) is 0 Å². The zero-order valence-corrected chi connectivity index (χ0v) is 13.3. The molecule has 118 valence electrons. The molecule has 1 fully saturated rings. The number of nitrogens with one attached hydrogen (secondary N) is 1. The van der Waals surface area contributed by atoms with Crippen LogP contribution >= 0.6 is 11.6 Å². The van der Waals surface area contributed by atoms with Crippen LogP contribution in [-0.4, -0.2) is 34.0 Å². The highest BCUT2D eigenvalue weighted by Gasteiger charge is 2.19. The number of hydrogen-bond acceptors (Lipinski definition) is 3. The third-order valence-electron chi connectivity index (χ3n) is 3.71. The third kappa shape index (κ3) is 4.29. The van der Waals surface area contributed by atoms with Crippen LogP contribution in [0.4, 0.5) is 10.5 Å². The summed E-state index contributed by atoms with van der Waals surface area (Å²) >= 11 is 5.73. The fraction of sp³-hybridized carbons (Fsp3) is 0.235. The lowest BCUT2D eigenvalue weighted by molar-refractivity contribution is 0.208. The second-order valence-corrected chi connectivity index (χ2v) is 5.73. The number of halogens is 1. The molecule has 0 spiro atoms. The number of carbonyl (C=O) groups is 1. The van der Waals surface area contributed by atoms with E-state index < -0.39 is 0 Å². The maximum absolute atomic E-state index is 12.2. The predicted molar refractivity (Wildman–Crippen MR) is 91.3 cm³/mol. The smallest absolute Gasteiger partial charge is 0.321 e. The molecule has 0 bridgehead atoms. The highest BCUT2D eigenvalue weighted by atomic mass is 35.5. The van der Waals surface area contributed by atoms with Crippen LogP contribution in [0.3, 0.4) is 0 Å². The standard InChI is InChI=1S/C17H17ClN4O/c18-16-5-4-15(12-20-16)21-17(23)22-9-6-13(7-10-22)11-14-3-1-2-8-19-14/h1-5,8,11-12H,6-7,9-10H2,(H,21,23). The molecule has 0 aromatic carbocycles. The lowest BCUT2D eigenvalue weighted by Gasteiger charge is -2.28. The van der Waals surface area contributed by atoms with Gasteiger partial charge >= 0.3 is 6.03 Å². The SMILES string of the molecule is O=C(Nc1ccc(Cl)nc1)N1CCC(=Cc2ccccn2)CC1. The largest absolute Gasteiger partial charge is 0.324 e. The van der Waals surface area contributed by atoms with Gasteiger partial charge in [0.05, 0.1) is 17.6 Å². The number of hydrogen-bond donors (Lipinski definition) is 1. The summed E-state index contributed by atoms with van der Waals surface area (Å²) in [5, 5.41) is 3.25. The number of rotatable bonds is 2. The van der Waals surface area contributed by atoms with Crippen LogP contribution in [0.2, 0.25) is 5.15 Å². The van der Waals surface area contributed by atoms with E-state index in [0.29, 0.717) is 23.9 Å². The molecule has 2 amide bonds. The fourth-order valence-corrected chi connectivity index (χ4v) is 2.58. The minimum Gasteiger partial charge on any atom is -0.324 e. The third-order valence-corrected chi connectivity index (χ3v) is 3.93. The molecule has 1 saturated heterocycles. The van der Waals surface area contributed by atoms with Gasteiger partial charge in [-0.3, -0.25) is 4.98 Å². The van der Waals surface area contributed by atoms with Crippen molar-refractivity contribution in [2.45, 2.75) is 12.8 Å². The number of nitrogens with zero attached hydrogens (tertiary/aromatic N) is 3. The number of urea groups is 1. The molecule has 0 saturated carbocycles. The Labute approximate surface area is 140 Å². The first kappa shape index (κ1) is 15.5. The summed E-state index contributed by atoms with van der Waals surface area (Å²) in [7, 11) is 0. The minimum atomic E-state index is -0.106. The fourth-order valence-electron chi connectivity index (χ4n) is 2.46. The molecule has 0 unspecified atom stereocenters. The Kier molecular flexibility index (Phi) is 4.88. The van der Waals surface area contributed by atoms with Crippen LogP contribution in [0.1, 0.15) is 18.5 Å². The lowest BCUT2D eigenvalue weighted by Crippen LogP contribution is -2.39. The van der Waals surface area contributed by atoms with Gasteiger partial charge in [0.1, 0.15) is 5.15 Å². The Morgan fingerprint density at radius 2 is 2.00 bits per heavy atom. The maximum Gasteiger partial charge on any atom is 0.321 e. The summed E-state index contributed by atoms with van der Waals surface area (Å²) in [4.78, 5) is 22.3. The molecule has 2 aromatic rings. The van der Waals surface area contributed by atoms with Gasteiger partial charge in [0.2, 0.25) is 0 Å². The summed E-state index contributed by atoms with van der Waals surface area (Å²) in [6.45, 7) is 1.40. The molecule has 1 N–H and O–H groups in total. The summed E-state index contributed by atoms with van der Waals surface area (Å²) < 4.78 is 0. The van der Waals surface area contributed by atoms with Crippen molar-refractivity contribution in [3.8, 4) is 0 Å². The zero-order valence-electron chi connectivity index (χ0n) is 12.6. The summed E-state index contributed by atoms with van der Waals surface area (Å²) in [5.74, 6) is 0. The highest BCUT2D eigenvalue weighted by molar-refractivity contribution is 6.29. The van der Waals surface area contributed by atoms with E-state index in [1.165, 1.54) is 5.57 Å². The molecule has 1 aliphatic rings. The van der Waals surface area contributed by atoms with E-state index in [4.69, 9.17) is 11.6 Å². The minimum absolute atomic E-state index is 0.106. The van der Waals surface area contributed by atoms with E-state index in [1.54, 1.807) is 24.5 Å². The van der Waals surface area contributed by atoms with Crippen molar-refractivity contribution in [3.63, 3.8) is 0 Å². The number of anilines is 1. The van der Waals surface area contributed by atoms with Gasteiger partial charge in [-0.1, -0.05) is 23.2 Å². The number of pyridine rings is 2. The van der Waals surface area contributed by atoms with Crippen molar-refractivity contribution in [1.82, 2.24) is 14.9 Å². The van der Waals surface area contributed by atoms with Crippen molar-refractivity contribution < 1.29 is 4.79 Å². The van der Waals surface area contributed by atoms with Crippen molar-refractivity contribution in [1.29, 1.82) is 0 Å². The topological polar surface area (TPSA) is 58.1 Å². The first-order valence-corrected chi connectivity index (χ1v) is 7.86. The molecule has 0 atom stereocenters. The highest BCUT2D eigenvalue weighted by Crippen LogP contribution is 2.19. The number of piperidine rings is 1. The van der Waals surface area contributed by atoms with Gasteiger partial charge in [0.25, 0.3) is 0 Å². The molecule has 5 nitrogen and oxygen atoms in total. The van der Waals surface area contributed by atoms with Crippen LogP contribution in [0, 0.1) is 0 Å². The molecule has 0 radical (unpaired) electrons. The number of likely N-dealkylation sites (tertiary alicyclic amines) is 1. The zero-order chi connectivity index (χ0) is 16.1. The molecule has 1 aliphatic heterocycles. The first-order valence-electron chi connectivity index (χ1n) is 7.49. The van der Waals surface area contributed by atoms with Gasteiger partial charge < -0.3 is 10.2 Å². The number of carbonyl (C=O) groups excluding carboxylic acids is 1. The Morgan fingerprint density at radius 1 is 1.17 bits per heavy atom. The van der Waals surface area contributed by atoms with Crippen molar-refractivity contribution >= 4 is 29.4 Å². The Morgan fingerprint density at radius 3 is 2.65 bits per heavy atom. The Hall–Kier alpha value is -2.40. The molecule has 3 rings (SSSR count). The van der Waals surface area contributed by atoms with E-state index in [-0.39, 0.29) is 6.03 Å². The van der Waals surface area contributed by atoms with Crippen LogP contribution < -0.4 is 5.32 Å². The van der Waals surface area contributed by atoms with Gasteiger partial charge in [-0.05, 0) is 43.2 Å². The summed E-state index contributed by atoms with van der Waals surface area (Å²) in [6.07, 6.45) is 7.18. The quantitative estimate of drug-likeness (QED) is 0.852. The lowest BCUT2D eigenvalue weighted by atomic mass is 10.0. The van der Waals surface area contributed by atoms with Gasteiger partial charge in [0, 0.05) is 19.3 Å². The van der Waals surface area contributed by atoms with Gasteiger partial charge in [-0.15, -0.1) is 0 Å². The van der Waals surface area contributed by atoms with Crippen molar-refractivity contribution in [2.75, 3.05) is 18.4 Å². The molecule has 2 aromatic heterocycles. The molecule has 0 aliphatic carbocycles. The van der Waals surface area contributed by atoms with E-state index in [9.17, 15) is 4.79 Å². The predicted octanol–water partition coefficient (Wildman–Crippen LogP) is 3.84. The van der Waals surface area contributed by atoms with Crippen LogP contribution in [0.25, 0.3) is 6.08 Å². The van der Waals surface area contributed by atoms with Gasteiger partial charge in [-0.25, -0.2) is 9.78 Å². The molecule has 3 heterocycles. The van der Waals surface area contributed by atoms with E-state index in [1.807, 2.05) is 23.1 Å². The normalized spacial score (nSPS) is 14.5. The first-order chi connectivity index (χ1) is 11.2. The Balaban J connectivity index is 1.55. The van der Waals surface area contributed by atoms with Crippen LogP contribution in [-0.2, 0) is 0 Å². The molecule has 23 heavy (non-hydrogen) atoms. The second-order valence-electron chi connectivity index (χ2n) is 5.34. The monoisotopic (exact) mass is 328 g/mol. The summed E-state index contributed by atoms with van der Waals surface area (Å²) in [6, 6.07) is 9.15. The van der Waals surface area contributed by atoms with E-state index in [0.717, 1.165) is 18.5 Å². The van der Waals surface area contributed by atoms with Crippen LogP contribution in [0.5, 0.6) is 0 Å². The Bertz CT molecular complexity index is 690. The number of amides is 2. The van der Waals surface area contributed by atoms with Crippen LogP contribution in [0.15, 0.2) is 48.3 Å². The molecular weight excluding hydrogens is 312 g/mol. The van der Waals surface area contributed by atoms with E-state index in [2.05, 4.69) is 21.4 Å². The second kappa shape index (κ2) is 7.24. The molecule has 6 heteroatoms.